The average Bonchev–Trinajstić information content (AvgIpc) is 3.16. The number of thiazole rings is 1. The fourth-order valence-corrected chi connectivity index (χ4v) is 3.17. The van der Waals surface area contributed by atoms with Gasteiger partial charge in [-0.3, -0.25) is 10.2 Å². The fourth-order valence-electron chi connectivity index (χ4n) is 2.31. The van der Waals surface area contributed by atoms with Crippen LogP contribution in [0.25, 0.3) is 0 Å². The molecular weight excluding hydrogens is 361 g/mol. The van der Waals surface area contributed by atoms with E-state index in [1.165, 1.54) is 17.4 Å². The number of urea groups is 1. The number of rotatable bonds is 4. The predicted octanol–water partition coefficient (Wildman–Crippen LogP) is 1.26. The molecule has 0 unspecified atom stereocenters. The van der Waals surface area contributed by atoms with Gasteiger partial charge in [0, 0.05) is 30.6 Å². The number of ether oxygens (including phenoxy) is 1. The van der Waals surface area contributed by atoms with E-state index in [1.54, 1.807) is 23.6 Å². The number of hydrazine groups is 1. The van der Waals surface area contributed by atoms with Gasteiger partial charge in [0.15, 0.2) is 5.13 Å². The molecule has 1 aromatic heterocycles. The molecule has 2 aromatic rings. The molecule has 2 heterocycles. The van der Waals surface area contributed by atoms with Gasteiger partial charge in [-0.25, -0.2) is 19.6 Å². The number of morpholine rings is 1. The van der Waals surface area contributed by atoms with E-state index < -0.39 is 17.8 Å². The van der Waals surface area contributed by atoms with E-state index in [2.05, 4.69) is 21.2 Å². The minimum absolute atomic E-state index is 0.00621. The number of halogens is 1. The molecule has 3 rings (SSSR count). The molecule has 8 nitrogen and oxygen atoms in total. The summed E-state index contributed by atoms with van der Waals surface area (Å²) >= 11 is 1.36. The predicted molar refractivity (Wildman–Crippen MR) is 94.4 cm³/mol. The van der Waals surface area contributed by atoms with Gasteiger partial charge < -0.3 is 15.0 Å². The van der Waals surface area contributed by atoms with Crippen molar-refractivity contribution in [1.29, 1.82) is 0 Å². The van der Waals surface area contributed by atoms with Crippen molar-refractivity contribution in [1.82, 2.24) is 21.2 Å². The van der Waals surface area contributed by atoms with E-state index in [9.17, 15) is 14.0 Å². The monoisotopic (exact) mass is 379 g/mol. The van der Waals surface area contributed by atoms with Crippen LogP contribution in [0.1, 0.15) is 16.1 Å². The zero-order valence-corrected chi connectivity index (χ0v) is 14.6. The number of hydrogen-bond donors (Lipinski definition) is 3. The molecule has 138 valence electrons. The van der Waals surface area contributed by atoms with Crippen LogP contribution in [0.15, 0.2) is 29.6 Å². The van der Waals surface area contributed by atoms with Crippen LogP contribution in [0.4, 0.5) is 14.3 Å². The lowest BCUT2D eigenvalue weighted by atomic mass is 10.2. The second kappa shape index (κ2) is 8.59. The summed E-state index contributed by atoms with van der Waals surface area (Å²) < 4.78 is 18.8. The third-order valence-electron chi connectivity index (χ3n) is 3.69. The van der Waals surface area contributed by atoms with Gasteiger partial charge in [-0.2, -0.15) is 0 Å². The Bertz CT molecular complexity index is 779. The van der Waals surface area contributed by atoms with Crippen LogP contribution >= 0.6 is 11.3 Å². The van der Waals surface area contributed by atoms with E-state index >= 15 is 0 Å². The Morgan fingerprint density at radius 1 is 1.23 bits per heavy atom. The lowest BCUT2D eigenvalue weighted by molar-refractivity contribution is 0.0932. The first-order valence-corrected chi connectivity index (χ1v) is 8.87. The molecule has 26 heavy (non-hydrogen) atoms. The maximum atomic E-state index is 13.5. The average molecular weight is 379 g/mol. The highest BCUT2D eigenvalue weighted by Crippen LogP contribution is 2.21. The molecular formula is C16H18FN5O3S. The lowest BCUT2D eigenvalue weighted by Gasteiger charge is -2.25. The Morgan fingerprint density at radius 2 is 2.00 bits per heavy atom. The number of hydrogen-bond acceptors (Lipinski definition) is 6. The molecule has 0 bridgehead atoms. The normalized spacial score (nSPS) is 14.0. The number of carbonyl (C=O) groups is 2. The van der Waals surface area contributed by atoms with Gasteiger partial charge in [-0.05, 0) is 6.07 Å². The SMILES string of the molecule is O=C(NCc1ccccc1F)NNC(=O)c1csc(N2CCOCC2)n1. The zero-order chi connectivity index (χ0) is 18.4. The summed E-state index contributed by atoms with van der Waals surface area (Å²) in [6, 6.07) is 5.47. The fraction of sp³-hybridized carbons (Fsp3) is 0.312. The van der Waals surface area contributed by atoms with Gasteiger partial charge >= 0.3 is 6.03 Å². The number of anilines is 1. The first-order chi connectivity index (χ1) is 12.6. The van der Waals surface area contributed by atoms with Crippen molar-refractivity contribution in [2.24, 2.45) is 0 Å². The van der Waals surface area contributed by atoms with Crippen LogP contribution in [-0.4, -0.2) is 43.2 Å². The summed E-state index contributed by atoms with van der Waals surface area (Å²) in [5.74, 6) is -0.934. The first-order valence-electron chi connectivity index (χ1n) is 7.99. The van der Waals surface area contributed by atoms with Crippen LogP contribution < -0.4 is 21.1 Å². The molecule has 0 radical (unpaired) electrons. The summed E-state index contributed by atoms with van der Waals surface area (Å²) in [5.41, 5.74) is 5.05. The number of nitrogens with one attached hydrogen (secondary N) is 3. The maximum Gasteiger partial charge on any atom is 0.333 e. The van der Waals surface area contributed by atoms with E-state index in [1.807, 2.05) is 4.90 Å². The van der Waals surface area contributed by atoms with Gasteiger partial charge in [-0.15, -0.1) is 11.3 Å². The van der Waals surface area contributed by atoms with Crippen molar-refractivity contribution in [2.45, 2.75) is 6.54 Å². The summed E-state index contributed by atoms with van der Waals surface area (Å²) in [5, 5.41) is 4.82. The van der Waals surface area contributed by atoms with Crippen molar-refractivity contribution in [2.75, 3.05) is 31.2 Å². The van der Waals surface area contributed by atoms with Crippen LogP contribution in [0.3, 0.4) is 0 Å². The van der Waals surface area contributed by atoms with E-state index in [4.69, 9.17) is 4.74 Å². The standard InChI is InChI=1S/C16H18FN5O3S/c17-12-4-2-1-3-11(12)9-18-15(24)21-20-14(23)13-10-26-16(19-13)22-5-7-25-8-6-22/h1-4,10H,5-9H2,(H,20,23)(H2,18,21,24). The zero-order valence-electron chi connectivity index (χ0n) is 13.8. The van der Waals surface area contributed by atoms with E-state index in [0.717, 1.165) is 18.2 Å². The van der Waals surface area contributed by atoms with Crippen LogP contribution in [0, 0.1) is 5.82 Å². The van der Waals surface area contributed by atoms with Crippen LogP contribution in [-0.2, 0) is 11.3 Å². The van der Waals surface area contributed by atoms with E-state index in [0.29, 0.717) is 18.8 Å². The number of aromatic nitrogens is 1. The molecule has 1 saturated heterocycles. The highest BCUT2D eigenvalue weighted by molar-refractivity contribution is 7.13. The quantitative estimate of drug-likeness (QED) is 0.696. The summed E-state index contributed by atoms with van der Waals surface area (Å²) in [4.78, 5) is 30.1. The summed E-state index contributed by atoms with van der Waals surface area (Å²) in [6.07, 6.45) is 0. The van der Waals surface area contributed by atoms with Crippen molar-refractivity contribution in [3.63, 3.8) is 0 Å². The number of carbonyl (C=O) groups excluding carboxylic acids is 2. The van der Waals surface area contributed by atoms with Crippen molar-refractivity contribution in [3.8, 4) is 0 Å². The third kappa shape index (κ3) is 4.67. The van der Waals surface area contributed by atoms with Crippen molar-refractivity contribution < 1.29 is 18.7 Å². The molecule has 0 aliphatic carbocycles. The molecule has 3 amide bonds. The summed E-state index contributed by atoms with van der Waals surface area (Å²) in [7, 11) is 0. The van der Waals surface area contributed by atoms with Gasteiger partial charge in [-0.1, -0.05) is 18.2 Å². The molecule has 1 fully saturated rings. The Morgan fingerprint density at radius 3 is 2.77 bits per heavy atom. The second-order valence-electron chi connectivity index (χ2n) is 5.47. The minimum Gasteiger partial charge on any atom is -0.378 e. The summed E-state index contributed by atoms with van der Waals surface area (Å²) in [6.45, 7) is 2.72. The largest absolute Gasteiger partial charge is 0.378 e. The van der Waals surface area contributed by atoms with Crippen molar-refractivity contribution >= 4 is 28.4 Å². The Kier molecular flexibility index (Phi) is 5.97. The van der Waals surface area contributed by atoms with Crippen LogP contribution in [0.2, 0.25) is 0 Å². The lowest BCUT2D eigenvalue weighted by Crippen LogP contribution is -2.46. The van der Waals surface area contributed by atoms with Gasteiger partial charge in [0.25, 0.3) is 5.91 Å². The first kappa shape index (κ1) is 18.1. The van der Waals surface area contributed by atoms with Gasteiger partial charge in [0.1, 0.15) is 11.5 Å². The smallest absolute Gasteiger partial charge is 0.333 e. The molecule has 0 saturated carbocycles. The van der Waals surface area contributed by atoms with E-state index in [-0.39, 0.29) is 12.2 Å². The van der Waals surface area contributed by atoms with Crippen molar-refractivity contribution in [3.05, 3.63) is 46.7 Å². The maximum absolute atomic E-state index is 13.5. The molecule has 3 N–H and O–H groups in total. The highest BCUT2D eigenvalue weighted by atomic mass is 32.1. The Hall–Kier alpha value is -2.72. The van der Waals surface area contributed by atoms with Gasteiger partial charge in [0.2, 0.25) is 0 Å². The molecule has 0 spiro atoms. The Labute approximate surface area is 153 Å². The minimum atomic E-state index is -0.648. The van der Waals surface area contributed by atoms with Crippen LogP contribution in [0.5, 0.6) is 0 Å². The molecule has 1 aliphatic heterocycles. The number of amides is 3. The number of benzene rings is 1. The Balaban J connectivity index is 1.45. The topological polar surface area (TPSA) is 95.6 Å². The molecule has 10 heteroatoms. The molecule has 1 aliphatic rings. The second-order valence-corrected chi connectivity index (χ2v) is 6.30. The van der Waals surface area contributed by atoms with Gasteiger partial charge in [0.05, 0.1) is 13.2 Å². The third-order valence-corrected chi connectivity index (χ3v) is 4.59. The molecule has 0 atom stereocenters. The number of nitrogens with zero attached hydrogens (tertiary/aromatic N) is 2. The molecule has 1 aromatic carbocycles. The highest BCUT2D eigenvalue weighted by Gasteiger charge is 2.17.